The third kappa shape index (κ3) is 2.34. The molecule has 1 saturated heterocycles. The highest BCUT2D eigenvalue weighted by Gasteiger charge is 2.11. The summed E-state index contributed by atoms with van der Waals surface area (Å²) in [4.78, 5) is 6.19. The van der Waals surface area contributed by atoms with E-state index in [2.05, 4.69) is 29.6 Å². The fourth-order valence-corrected chi connectivity index (χ4v) is 1.27. The van der Waals surface area contributed by atoms with Crippen LogP contribution >= 0.6 is 0 Å². The van der Waals surface area contributed by atoms with Gasteiger partial charge in [-0.3, -0.25) is 0 Å². The van der Waals surface area contributed by atoms with E-state index in [1.54, 1.807) is 0 Å². The summed E-state index contributed by atoms with van der Waals surface area (Å²) in [5, 5.41) is 0. The molecule has 0 aromatic carbocycles. The Kier molecular flexibility index (Phi) is 3.80. The third-order valence-corrected chi connectivity index (χ3v) is 1.88. The van der Waals surface area contributed by atoms with Crippen molar-refractivity contribution in [2.75, 3.05) is 26.3 Å². The van der Waals surface area contributed by atoms with Crippen LogP contribution in [0.4, 0.5) is 0 Å². The van der Waals surface area contributed by atoms with E-state index >= 15 is 0 Å². The number of rotatable bonds is 3. The van der Waals surface area contributed by atoms with Crippen molar-refractivity contribution in [1.29, 1.82) is 0 Å². The Morgan fingerprint density at radius 3 is 2.75 bits per heavy atom. The molecule has 0 bridgehead atoms. The molecule has 0 aliphatic carbocycles. The summed E-state index contributed by atoms with van der Waals surface area (Å²) in [6.45, 7) is 9.13. The van der Waals surface area contributed by atoms with Crippen LogP contribution in [0.3, 0.4) is 0 Å². The molecule has 0 amide bonds. The molecule has 68 valence electrons. The van der Waals surface area contributed by atoms with Crippen molar-refractivity contribution in [3.63, 3.8) is 0 Å². The van der Waals surface area contributed by atoms with Crippen LogP contribution in [-0.4, -0.2) is 37.9 Å². The van der Waals surface area contributed by atoms with Gasteiger partial charge in [-0.05, 0) is 19.2 Å². The molecule has 0 radical (unpaired) electrons. The number of aliphatic imine (C=N–C) groups is 1. The molecule has 0 atom stereocenters. The van der Waals surface area contributed by atoms with Gasteiger partial charge in [0.2, 0.25) is 0 Å². The van der Waals surface area contributed by atoms with Gasteiger partial charge in [0, 0.05) is 13.1 Å². The lowest BCUT2D eigenvalue weighted by atomic mass is 10.3. The zero-order valence-electron chi connectivity index (χ0n) is 7.62. The molecule has 0 N–H and O–H groups in total. The second-order valence-electron chi connectivity index (χ2n) is 2.73. The van der Waals surface area contributed by atoms with Gasteiger partial charge in [-0.1, -0.05) is 6.92 Å². The molecule has 0 aromatic rings. The van der Waals surface area contributed by atoms with Crippen molar-refractivity contribution < 1.29 is 4.74 Å². The summed E-state index contributed by atoms with van der Waals surface area (Å²) >= 11 is 0. The van der Waals surface area contributed by atoms with Gasteiger partial charge in [-0.2, -0.15) is 0 Å². The summed E-state index contributed by atoms with van der Waals surface area (Å²) in [6, 6.07) is 0. The van der Waals surface area contributed by atoms with Crippen LogP contribution < -0.4 is 0 Å². The first-order chi connectivity index (χ1) is 5.88. The summed E-state index contributed by atoms with van der Waals surface area (Å²) in [6.07, 6.45) is 3.10. The highest BCUT2D eigenvalue weighted by molar-refractivity contribution is 5.28. The molecule has 12 heavy (non-hydrogen) atoms. The van der Waals surface area contributed by atoms with E-state index in [1.165, 1.54) is 0 Å². The zero-order chi connectivity index (χ0) is 8.81. The lowest BCUT2D eigenvalue weighted by Crippen LogP contribution is -2.35. The minimum Gasteiger partial charge on any atom is -0.378 e. The van der Waals surface area contributed by atoms with Crippen LogP contribution in [0.1, 0.15) is 13.3 Å². The highest BCUT2D eigenvalue weighted by Crippen LogP contribution is 2.08. The molecule has 1 aliphatic heterocycles. The van der Waals surface area contributed by atoms with Gasteiger partial charge in [0.15, 0.2) is 0 Å². The van der Waals surface area contributed by atoms with Crippen LogP contribution in [0.15, 0.2) is 16.9 Å². The molecule has 1 rings (SSSR count). The quantitative estimate of drug-likeness (QED) is 0.593. The predicted octanol–water partition coefficient (Wildman–Crippen LogP) is 1.27. The van der Waals surface area contributed by atoms with Crippen molar-refractivity contribution in [3.8, 4) is 0 Å². The lowest BCUT2D eigenvalue weighted by molar-refractivity contribution is 0.0531. The van der Waals surface area contributed by atoms with Gasteiger partial charge in [0.05, 0.1) is 13.2 Å². The Hall–Kier alpha value is -0.830. The van der Waals surface area contributed by atoms with Crippen molar-refractivity contribution in [2.45, 2.75) is 13.3 Å². The second kappa shape index (κ2) is 4.93. The molecule has 3 nitrogen and oxygen atoms in total. The van der Waals surface area contributed by atoms with Crippen molar-refractivity contribution in [2.24, 2.45) is 4.99 Å². The molecular weight excluding hydrogens is 152 g/mol. The molecule has 3 heteroatoms. The Morgan fingerprint density at radius 1 is 1.58 bits per heavy atom. The minimum absolute atomic E-state index is 0.802. The number of nitrogens with zero attached hydrogens (tertiary/aromatic N) is 2. The molecule has 1 fully saturated rings. The van der Waals surface area contributed by atoms with Gasteiger partial charge in [0.1, 0.15) is 5.82 Å². The van der Waals surface area contributed by atoms with Crippen molar-refractivity contribution in [3.05, 3.63) is 11.9 Å². The third-order valence-electron chi connectivity index (χ3n) is 1.88. The number of hydrogen-bond acceptors (Lipinski definition) is 3. The number of ether oxygens (including phenoxy) is 1. The van der Waals surface area contributed by atoms with Gasteiger partial charge >= 0.3 is 0 Å². The maximum Gasteiger partial charge on any atom is 0.123 e. The first-order valence-electron chi connectivity index (χ1n) is 4.38. The maximum atomic E-state index is 5.24. The predicted molar refractivity (Wildman–Crippen MR) is 50.3 cm³/mol. The van der Waals surface area contributed by atoms with E-state index in [0.717, 1.165) is 38.5 Å². The second-order valence-corrected chi connectivity index (χ2v) is 2.73. The molecule has 1 heterocycles. The van der Waals surface area contributed by atoms with E-state index < -0.39 is 0 Å². The smallest absolute Gasteiger partial charge is 0.123 e. The first kappa shape index (κ1) is 9.26. The summed E-state index contributed by atoms with van der Waals surface area (Å²) < 4.78 is 5.24. The topological polar surface area (TPSA) is 24.8 Å². The Balaban J connectivity index is 2.51. The van der Waals surface area contributed by atoms with Crippen molar-refractivity contribution >= 4 is 6.72 Å². The molecular formula is C9H16N2O. The van der Waals surface area contributed by atoms with Crippen LogP contribution in [-0.2, 0) is 4.74 Å². The summed E-state index contributed by atoms with van der Waals surface area (Å²) in [5.41, 5.74) is 0. The van der Waals surface area contributed by atoms with Crippen LogP contribution in [0.5, 0.6) is 0 Å². The van der Waals surface area contributed by atoms with Gasteiger partial charge in [-0.15, -0.1) is 0 Å². The number of allylic oxidation sites excluding steroid dienone is 1. The van der Waals surface area contributed by atoms with Crippen LogP contribution in [0.2, 0.25) is 0 Å². The van der Waals surface area contributed by atoms with E-state index in [0.29, 0.717) is 0 Å². The number of hydrogen-bond donors (Lipinski definition) is 0. The van der Waals surface area contributed by atoms with Crippen LogP contribution in [0, 0.1) is 0 Å². The van der Waals surface area contributed by atoms with Crippen LogP contribution in [0.25, 0.3) is 0 Å². The monoisotopic (exact) mass is 168 g/mol. The Labute approximate surface area is 73.7 Å². The Morgan fingerprint density at radius 2 is 2.25 bits per heavy atom. The highest BCUT2D eigenvalue weighted by atomic mass is 16.5. The summed E-state index contributed by atoms with van der Waals surface area (Å²) in [7, 11) is 0. The van der Waals surface area contributed by atoms with Gasteiger partial charge in [-0.25, -0.2) is 4.99 Å². The van der Waals surface area contributed by atoms with E-state index in [1.807, 2.05) is 0 Å². The minimum atomic E-state index is 0.802. The number of morpholine rings is 1. The Bertz CT molecular complexity index is 171. The normalized spacial score (nSPS) is 19.4. The van der Waals surface area contributed by atoms with E-state index in [9.17, 15) is 0 Å². The molecule has 0 aromatic heterocycles. The van der Waals surface area contributed by atoms with Gasteiger partial charge in [0.25, 0.3) is 0 Å². The van der Waals surface area contributed by atoms with E-state index in [4.69, 9.17) is 4.74 Å². The molecule has 0 unspecified atom stereocenters. The molecule has 1 aliphatic rings. The summed E-state index contributed by atoms with van der Waals surface area (Å²) in [5.74, 6) is 1.00. The molecule has 0 saturated carbocycles. The zero-order valence-corrected chi connectivity index (χ0v) is 7.62. The van der Waals surface area contributed by atoms with Crippen molar-refractivity contribution in [1.82, 2.24) is 4.90 Å². The standard InChI is InChI=1S/C9H16N2O/c1-3-4-9(10-2)11-5-7-12-8-6-11/h4H,2-3,5-8H2,1H3. The average molecular weight is 168 g/mol. The first-order valence-corrected chi connectivity index (χ1v) is 4.38. The average Bonchev–Trinajstić information content (AvgIpc) is 2.15. The fourth-order valence-electron chi connectivity index (χ4n) is 1.27. The fraction of sp³-hybridized carbons (Fsp3) is 0.667. The molecule has 0 spiro atoms. The lowest BCUT2D eigenvalue weighted by Gasteiger charge is -2.28. The maximum absolute atomic E-state index is 5.24. The largest absolute Gasteiger partial charge is 0.378 e. The van der Waals surface area contributed by atoms with E-state index in [-0.39, 0.29) is 0 Å². The van der Waals surface area contributed by atoms with Gasteiger partial charge < -0.3 is 9.64 Å². The SMILES string of the molecule is C=NC(=CCC)N1CCOCC1.